The quantitative estimate of drug-likeness (QED) is 0.452. The molecule has 4 nitrogen and oxygen atoms in total. The molecule has 1 unspecified atom stereocenters. The van der Waals surface area contributed by atoms with E-state index in [1.54, 1.807) is 0 Å². The van der Waals surface area contributed by atoms with Gasteiger partial charge in [-0.15, -0.1) is 0 Å². The standard InChI is InChI=1S/C16H26N2O2S/c1-13-7-6-8-14(11-13)16(20)18-10-5-3-2-4-9-17-15(19)12-21/h6,8,11,13,21H,2-5,7,9-10,12H2,1H3,(H,17,19)(H,18,20). The third kappa shape index (κ3) is 7.95. The first-order valence-electron chi connectivity index (χ1n) is 7.67. The average Bonchev–Trinajstić information content (AvgIpc) is 2.49. The Morgan fingerprint density at radius 1 is 1.19 bits per heavy atom. The molecule has 5 heteroatoms. The maximum Gasteiger partial charge on any atom is 0.250 e. The number of unbranched alkanes of at least 4 members (excludes halogenated alkanes) is 3. The molecule has 0 saturated heterocycles. The van der Waals surface area contributed by atoms with Crippen molar-refractivity contribution in [3.63, 3.8) is 0 Å². The molecule has 118 valence electrons. The van der Waals surface area contributed by atoms with E-state index in [1.807, 2.05) is 12.2 Å². The highest BCUT2D eigenvalue weighted by atomic mass is 32.1. The van der Waals surface area contributed by atoms with Crippen LogP contribution in [0.4, 0.5) is 0 Å². The summed E-state index contributed by atoms with van der Waals surface area (Å²) in [6.07, 6.45) is 11.1. The van der Waals surface area contributed by atoms with E-state index in [9.17, 15) is 9.59 Å². The Balaban J connectivity index is 2.00. The van der Waals surface area contributed by atoms with E-state index in [2.05, 4.69) is 36.3 Å². The van der Waals surface area contributed by atoms with E-state index in [0.29, 0.717) is 19.0 Å². The molecule has 21 heavy (non-hydrogen) atoms. The Labute approximate surface area is 132 Å². The molecular weight excluding hydrogens is 284 g/mol. The zero-order valence-electron chi connectivity index (χ0n) is 12.7. The first-order chi connectivity index (χ1) is 10.1. The maximum absolute atomic E-state index is 11.9. The number of nitrogens with one attached hydrogen (secondary N) is 2. The summed E-state index contributed by atoms with van der Waals surface area (Å²) >= 11 is 3.89. The van der Waals surface area contributed by atoms with Crippen LogP contribution in [-0.4, -0.2) is 30.7 Å². The van der Waals surface area contributed by atoms with Crippen LogP contribution in [0, 0.1) is 5.92 Å². The molecule has 1 aliphatic rings. The zero-order valence-corrected chi connectivity index (χ0v) is 13.6. The van der Waals surface area contributed by atoms with Crippen LogP contribution in [0.5, 0.6) is 0 Å². The summed E-state index contributed by atoms with van der Waals surface area (Å²) in [5, 5.41) is 5.74. The highest BCUT2D eigenvalue weighted by Gasteiger charge is 2.10. The molecule has 1 atom stereocenters. The van der Waals surface area contributed by atoms with Gasteiger partial charge in [0.25, 0.3) is 5.91 Å². The van der Waals surface area contributed by atoms with Gasteiger partial charge in [-0.3, -0.25) is 9.59 Å². The molecule has 0 spiro atoms. The summed E-state index contributed by atoms with van der Waals surface area (Å²) in [4.78, 5) is 22.9. The zero-order chi connectivity index (χ0) is 15.5. The average molecular weight is 310 g/mol. The fourth-order valence-corrected chi connectivity index (χ4v) is 2.29. The molecule has 0 radical (unpaired) electrons. The molecule has 0 heterocycles. The lowest BCUT2D eigenvalue weighted by Gasteiger charge is -2.12. The molecule has 2 N–H and O–H groups in total. The largest absolute Gasteiger partial charge is 0.355 e. The van der Waals surface area contributed by atoms with Crippen molar-refractivity contribution in [2.75, 3.05) is 18.8 Å². The first-order valence-corrected chi connectivity index (χ1v) is 8.31. The van der Waals surface area contributed by atoms with Crippen LogP contribution in [-0.2, 0) is 9.59 Å². The number of allylic oxidation sites excluding steroid dienone is 2. The van der Waals surface area contributed by atoms with E-state index in [4.69, 9.17) is 0 Å². The Bertz CT molecular complexity index is 405. The minimum Gasteiger partial charge on any atom is -0.355 e. The fourth-order valence-electron chi connectivity index (χ4n) is 2.18. The van der Waals surface area contributed by atoms with Gasteiger partial charge in [0, 0.05) is 18.7 Å². The molecule has 1 aliphatic carbocycles. The summed E-state index contributed by atoms with van der Waals surface area (Å²) < 4.78 is 0. The van der Waals surface area contributed by atoms with E-state index in [0.717, 1.165) is 37.7 Å². The first kappa shape index (κ1) is 17.8. The predicted molar refractivity (Wildman–Crippen MR) is 89.3 cm³/mol. The van der Waals surface area contributed by atoms with Gasteiger partial charge >= 0.3 is 0 Å². The van der Waals surface area contributed by atoms with Crippen molar-refractivity contribution < 1.29 is 9.59 Å². The van der Waals surface area contributed by atoms with Crippen LogP contribution in [0.25, 0.3) is 0 Å². The second-order valence-electron chi connectivity index (χ2n) is 5.42. The third-order valence-corrected chi connectivity index (χ3v) is 3.67. The third-order valence-electron chi connectivity index (χ3n) is 3.39. The van der Waals surface area contributed by atoms with Crippen LogP contribution in [0.3, 0.4) is 0 Å². The number of carbonyl (C=O) groups excluding carboxylic acids is 2. The Kier molecular flexibility index (Phi) is 8.90. The lowest BCUT2D eigenvalue weighted by atomic mass is 9.97. The lowest BCUT2D eigenvalue weighted by molar-refractivity contribution is -0.118. The SMILES string of the molecule is CC1C=C(C(=O)NCCCCCCNC(=O)CS)C=CC1. The number of hydrogen-bond donors (Lipinski definition) is 3. The van der Waals surface area contributed by atoms with E-state index in [1.165, 1.54) is 0 Å². The van der Waals surface area contributed by atoms with Gasteiger partial charge in [0.2, 0.25) is 5.91 Å². The Morgan fingerprint density at radius 2 is 1.86 bits per heavy atom. The van der Waals surface area contributed by atoms with Crippen LogP contribution in [0.1, 0.15) is 39.0 Å². The van der Waals surface area contributed by atoms with Crippen molar-refractivity contribution in [3.8, 4) is 0 Å². The Hall–Kier alpha value is -1.23. The number of carbonyl (C=O) groups is 2. The molecule has 1 rings (SSSR count). The minimum absolute atomic E-state index is 0.0198. The Morgan fingerprint density at radius 3 is 2.48 bits per heavy atom. The second-order valence-corrected chi connectivity index (χ2v) is 5.73. The molecule has 0 saturated carbocycles. The number of rotatable bonds is 9. The van der Waals surface area contributed by atoms with E-state index < -0.39 is 0 Å². The van der Waals surface area contributed by atoms with Crippen molar-refractivity contribution in [1.82, 2.24) is 10.6 Å². The van der Waals surface area contributed by atoms with Gasteiger partial charge in [-0.2, -0.15) is 12.6 Å². The minimum atomic E-state index is -0.0198. The normalized spacial score (nSPS) is 17.2. The van der Waals surface area contributed by atoms with Crippen LogP contribution >= 0.6 is 12.6 Å². The van der Waals surface area contributed by atoms with Gasteiger partial charge < -0.3 is 10.6 Å². The summed E-state index contributed by atoms with van der Waals surface area (Å²) in [7, 11) is 0. The molecule has 0 aromatic heterocycles. The van der Waals surface area contributed by atoms with Gasteiger partial charge in [-0.05, 0) is 25.2 Å². The molecular formula is C16H26N2O2S. The second kappa shape index (κ2) is 10.5. The molecule has 0 bridgehead atoms. The van der Waals surface area contributed by atoms with Crippen molar-refractivity contribution in [3.05, 3.63) is 23.8 Å². The summed E-state index contributed by atoms with van der Waals surface area (Å²) in [6.45, 7) is 3.53. The highest BCUT2D eigenvalue weighted by Crippen LogP contribution is 2.15. The summed E-state index contributed by atoms with van der Waals surface area (Å²) in [5.74, 6) is 0.699. The summed E-state index contributed by atoms with van der Waals surface area (Å²) in [6, 6.07) is 0. The molecule has 0 aromatic rings. The van der Waals surface area contributed by atoms with Crippen molar-refractivity contribution >= 4 is 24.4 Å². The smallest absolute Gasteiger partial charge is 0.250 e. The number of thiol groups is 1. The monoisotopic (exact) mass is 310 g/mol. The lowest BCUT2D eigenvalue weighted by Crippen LogP contribution is -2.26. The van der Waals surface area contributed by atoms with Crippen molar-refractivity contribution in [1.29, 1.82) is 0 Å². The van der Waals surface area contributed by atoms with E-state index >= 15 is 0 Å². The van der Waals surface area contributed by atoms with Gasteiger partial charge in [0.1, 0.15) is 0 Å². The summed E-state index contributed by atoms with van der Waals surface area (Å²) in [5.41, 5.74) is 0.781. The maximum atomic E-state index is 11.9. The van der Waals surface area contributed by atoms with Gasteiger partial charge in [0.15, 0.2) is 0 Å². The van der Waals surface area contributed by atoms with Gasteiger partial charge in [-0.25, -0.2) is 0 Å². The van der Waals surface area contributed by atoms with Crippen molar-refractivity contribution in [2.24, 2.45) is 5.92 Å². The van der Waals surface area contributed by atoms with E-state index in [-0.39, 0.29) is 17.6 Å². The molecule has 0 fully saturated rings. The highest BCUT2D eigenvalue weighted by molar-refractivity contribution is 7.81. The number of hydrogen-bond acceptors (Lipinski definition) is 3. The molecule has 0 aromatic carbocycles. The van der Waals surface area contributed by atoms with Crippen LogP contribution < -0.4 is 10.6 Å². The van der Waals surface area contributed by atoms with Gasteiger partial charge in [-0.1, -0.05) is 38.0 Å². The van der Waals surface area contributed by atoms with Crippen molar-refractivity contribution in [2.45, 2.75) is 39.0 Å². The molecule has 0 aliphatic heterocycles. The topological polar surface area (TPSA) is 58.2 Å². The van der Waals surface area contributed by atoms with Crippen LogP contribution in [0.2, 0.25) is 0 Å². The van der Waals surface area contributed by atoms with Crippen LogP contribution in [0.15, 0.2) is 23.8 Å². The fraction of sp³-hybridized carbons (Fsp3) is 0.625. The number of amides is 2. The predicted octanol–water partition coefficient (Wildman–Crippen LogP) is 2.23. The van der Waals surface area contributed by atoms with Gasteiger partial charge in [0.05, 0.1) is 5.75 Å². The molecule has 2 amide bonds.